The molecule has 1 nitrogen and oxygen atoms in total. The number of hydrogen-bond donors (Lipinski definition) is 0. The Balaban J connectivity index is 2.01. The summed E-state index contributed by atoms with van der Waals surface area (Å²) < 4.78 is 43.9. The van der Waals surface area contributed by atoms with Crippen LogP contribution < -0.4 is 10.6 Å². The van der Waals surface area contributed by atoms with Crippen LogP contribution in [-0.4, -0.2) is 6.18 Å². The molecule has 1 aliphatic carbocycles. The second kappa shape index (κ2) is 5.60. The summed E-state index contributed by atoms with van der Waals surface area (Å²) in [5.74, 6) is -0.343. The molecule has 0 aliphatic heterocycles. The number of alkyl halides is 3. The van der Waals surface area contributed by atoms with Gasteiger partial charge in [0.1, 0.15) is 11.0 Å². The first-order chi connectivity index (χ1) is 10.8. The third-order valence-electron chi connectivity index (χ3n) is 3.90. The van der Waals surface area contributed by atoms with Crippen LogP contribution in [0.1, 0.15) is 12.0 Å². The fourth-order valence-electron chi connectivity index (χ4n) is 2.62. The van der Waals surface area contributed by atoms with Crippen molar-refractivity contribution < 1.29 is 17.6 Å². The number of rotatable bonds is 1. The monoisotopic (exact) mass is 338 g/mol. The van der Waals surface area contributed by atoms with Crippen molar-refractivity contribution >= 4 is 35.2 Å². The summed E-state index contributed by atoms with van der Waals surface area (Å²) >= 11 is 6.04. The lowest BCUT2D eigenvalue weighted by Gasteiger charge is -2.17. The number of hydrogen-bond acceptors (Lipinski definition) is 1. The molecule has 0 N–H and O–H groups in total. The highest BCUT2D eigenvalue weighted by Crippen LogP contribution is 2.35. The molecule has 23 heavy (non-hydrogen) atoms. The van der Waals surface area contributed by atoms with Gasteiger partial charge < -0.3 is 4.42 Å². The first kappa shape index (κ1) is 15.9. The van der Waals surface area contributed by atoms with Gasteiger partial charge in [0.2, 0.25) is 0 Å². The van der Waals surface area contributed by atoms with Gasteiger partial charge in [0.25, 0.3) is 0 Å². The molecule has 0 fully saturated rings. The van der Waals surface area contributed by atoms with Crippen LogP contribution in [0.3, 0.4) is 0 Å². The zero-order chi connectivity index (χ0) is 16.8. The van der Waals surface area contributed by atoms with E-state index in [0.29, 0.717) is 11.0 Å². The van der Waals surface area contributed by atoms with E-state index >= 15 is 0 Å². The molecule has 0 spiro atoms. The molecule has 2 aromatic rings. The van der Waals surface area contributed by atoms with Crippen molar-refractivity contribution in [2.75, 3.05) is 0 Å². The number of halogens is 4. The lowest BCUT2D eigenvalue weighted by atomic mass is 9.95. The minimum absolute atomic E-state index is 0.149. The molecule has 3 rings (SSSR count). The molecule has 1 aliphatic rings. The third kappa shape index (κ3) is 3.08. The molecule has 0 saturated heterocycles. The number of allylic oxidation sites excluding steroid dienone is 4. The zero-order valence-corrected chi connectivity index (χ0v) is 13.1. The normalized spacial score (nSPS) is 19.9. The van der Waals surface area contributed by atoms with Crippen molar-refractivity contribution in [3.8, 4) is 0 Å². The second-order valence-electron chi connectivity index (χ2n) is 5.64. The molecule has 0 bridgehead atoms. The van der Waals surface area contributed by atoms with Gasteiger partial charge in [0.15, 0.2) is 0 Å². The van der Waals surface area contributed by atoms with Crippen LogP contribution in [0, 0.1) is 12.8 Å². The quantitative estimate of drug-likeness (QED) is 0.742. The van der Waals surface area contributed by atoms with Crippen molar-refractivity contribution in [1.29, 1.82) is 0 Å². The Labute approximate surface area is 136 Å². The van der Waals surface area contributed by atoms with Gasteiger partial charge in [-0.3, -0.25) is 0 Å². The predicted molar refractivity (Wildman–Crippen MR) is 86.4 cm³/mol. The summed E-state index contributed by atoms with van der Waals surface area (Å²) in [7, 11) is 0. The van der Waals surface area contributed by atoms with E-state index in [2.05, 4.69) is 6.58 Å². The highest BCUT2D eigenvalue weighted by Gasteiger charge is 2.34. The van der Waals surface area contributed by atoms with Crippen LogP contribution in [-0.2, 0) is 0 Å². The maximum absolute atomic E-state index is 12.7. The zero-order valence-electron chi connectivity index (χ0n) is 12.4. The van der Waals surface area contributed by atoms with Gasteiger partial charge in [-0.1, -0.05) is 36.4 Å². The molecule has 1 aromatic carbocycles. The van der Waals surface area contributed by atoms with Crippen molar-refractivity contribution in [3.63, 3.8) is 0 Å². The van der Waals surface area contributed by atoms with E-state index in [1.807, 2.05) is 25.1 Å². The maximum atomic E-state index is 12.7. The molecule has 0 saturated carbocycles. The van der Waals surface area contributed by atoms with Gasteiger partial charge in [-0.2, -0.15) is 13.2 Å². The first-order valence-corrected chi connectivity index (χ1v) is 7.48. The van der Waals surface area contributed by atoms with Crippen molar-refractivity contribution in [2.24, 2.45) is 5.92 Å². The summed E-state index contributed by atoms with van der Waals surface area (Å²) in [6, 6.07) is 5.79. The van der Waals surface area contributed by atoms with Crippen LogP contribution in [0.4, 0.5) is 13.2 Å². The van der Waals surface area contributed by atoms with Crippen molar-refractivity contribution in [3.05, 3.63) is 57.2 Å². The average Bonchev–Trinajstić information content (AvgIpc) is 2.76. The SMILES string of the molecule is C=c1/c(=C/C2CC=C(C(F)(F)F)C=C2Cl)oc2cc(C)ccc12. The topological polar surface area (TPSA) is 13.1 Å². The van der Waals surface area contributed by atoms with Gasteiger partial charge in [-0.25, -0.2) is 0 Å². The average molecular weight is 339 g/mol. The van der Waals surface area contributed by atoms with Gasteiger partial charge in [0, 0.05) is 21.6 Å². The molecular weight excluding hydrogens is 325 g/mol. The molecule has 0 radical (unpaired) electrons. The Morgan fingerprint density at radius 2 is 2.09 bits per heavy atom. The second-order valence-corrected chi connectivity index (χ2v) is 6.08. The van der Waals surface area contributed by atoms with Gasteiger partial charge in [-0.15, -0.1) is 0 Å². The van der Waals surface area contributed by atoms with Gasteiger partial charge >= 0.3 is 6.18 Å². The van der Waals surface area contributed by atoms with E-state index in [1.165, 1.54) is 0 Å². The van der Waals surface area contributed by atoms with Gasteiger partial charge in [-0.05, 0) is 37.1 Å². The fourth-order valence-corrected chi connectivity index (χ4v) is 2.89. The van der Waals surface area contributed by atoms with E-state index in [9.17, 15) is 13.2 Å². The maximum Gasteiger partial charge on any atom is 0.416 e. The largest absolute Gasteiger partial charge is 0.456 e. The lowest BCUT2D eigenvalue weighted by Crippen LogP contribution is -2.21. The Kier molecular flexibility index (Phi) is 3.88. The van der Waals surface area contributed by atoms with E-state index in [-0.39, 0.29) is 17.4 Å². The van der Waals surface area contributed by atoms with Crippen molar-refractivity contribution in [2.45, 2.75) is 19.5 Å². The molecule has 0 amide bonds. The molecule has 1 aromatic heterocycles. The molecule has 1 unspecified atom stereocenters. The van der Waals surface area contributed by atoms with E-state index in [0.717, 1.165) is 28.3 Å². The van der Waals surface area contributed by atoms with E-state index in [1.54, 1.807) is 6.08 Å². The van der Waals surface area contributed by atoms with Gasteiger partial charge in [0.05, 0.1) is 5.57 Å². The summed E-state index contributed by atoms with van der Waals surface area (Å²) in [5, 5.41) is 1.76. The lowest BCUT2D eigenvalue weighted by molar-refractivity contribution is -0.0887. The van der Waals surface area contributed by atoms with Crippen LogP contribution >= 0.6 is 11.6 Å². The van der Waals surface area contributed by atoms with Crippen LogP contribution in [0.25, 0.3) is 23.6 Å². The number of aryl methyl sites for hydroxylation is 1. The fraction of sp³-hybridized carbons (Fsp3) is 0.222. The van der Waals surface area contributed by atoms with Crippen LogP contribution in [0.2, 0.25) is 0 Å². The minimum Gasteiger partial charge on any atom is -0.456 e. The smallest absolute Gasteiger partial charge is 0.416 e. The summed E-state index contributed by atoms with van der Waals surface area (Å²) in [4.78, 5) is 0. The van der Waals surface area contributed by atoms with E-state index in [4.69, 9.17) is 16.0 Å². The highest BCUT2D eigenvalue weighted by atomic mass is 35.5. The van der Waals surface area contributed by atoms with Crippen molar-refractivity contribution in [1.82, 2.24) is 0 Å². The molecule has 120 valence electrons. The summed E-state index contributed by atoms with van der Waals surface area (Å²) in [6.07, 6.45) is -0.330. The van der Waals surface area contributed by atoms with Crippen LogP contribution in [0.5, 0.6) is 0 Å². The Bertz CT molecular complexity index is 932. The third-order valence-corrected chi connectivity index (χ3v) is 4.29. The molecule has 1 heterocycles. The predicted octanol–water partition coefficient (Wildman–Crippen LogP) is 4.56. The molecule has 5 heteroatoms. The number of fused-ring (bicyclic) bond motifs is 1. The number of furan rings is 1. The summed E-state index contributed by atoms with van der Waals surface area (Å²) in [5.41, 5.74) is 1.61. The van der Waals surface area contributed by atoms with Crippen LogP contribution in [0.15, 0.2) is 45.4 Å². The highest BCUT2D eigenvalue weighted by molar-refractivity contribution is 6.30. The Morgan fingerprint density at radius 1 is 1.35 bits per heavy atom. The summed E-state index contributed by atoms with van der Waals surface area (Å²) in [6.45, 7) is 5.96. The molecule has 1 atom stereocenters. The standard InChI is InChI=1S/C18H14ClF3O/c1-10-3-6-14-11(2)16(23-17(14)7-10)8-12-4-5-13(9-15(12)19)18(20,21)22/h3,5-9,12H,2,4H2,1H3/b16-8-. The minimum atomic E-state index is -4.38. The van der Waals surface area contributed by atoms with E-state index < -0.39 is 11.7 Å². The molecular formula is C18H14ClF3O. The number of benzene rings is 1. The Hall–Kier alpha value is -1.94. The Morgan fingerprint density at radius 3 is 2.74 bits per heavy atom. The first-order valence-electron chi connectivity index (χ1n) is 7.10.